The summed E-state index contributed by atoms with van der Waals surface area (Å²) in [6, 6.07) is 0. The highest BCUT2D eigenvalue weighted by atomic mass is 16.3. The Morgan fingerprint density at radius 2 is 2.18 bits per heavy atom. The van der Waals surface area contributed by atoms with Crippen molar-refractivity contribution < 1.29 is 5.11 Å². The predicted octanol–water partition coefficient (Wildman–Crippen LogP) is 1.54. The molecule has 1 heterocycles. The van der Waals surface area contributed by atoms with Crippen LogP contribution in [0, 0.1) is 5.92 Å². The summed E-state index contributed by atoms with van der Waals surface area (Å²) in [5, 5.41) is 17.2. The lowest BCUT2D eigenvalue weighted by molar-refractivity contribution is 0.108. The van der Waals surface area contributed by atoms with Crippen LogP contribution in [0.1, 0.15) is 38.2 Å². The first-order valence-corrected chi connectivity index (χ1v) is 6.68. The highest BCUT2D eigenvalue weighted by Crippen LogP contribution is 2.23. The van der Waals surface area contributed by atoms with Crippen molar-refractivity contribution in [2.75, 3.05) is 6.54 Å². The summed E-state index contributed by atoms with van der Waals surface area (Å²) in [7, 11) is 0. The second kappa shape index (κ2) is 6.17. The molecular formula is C13H23N3O. The largest absolute Gasteiger partial charge is 0.393 e. The van der Waals surface area contributed by atoms with Crippen LogP contribution in [-0.2, 0) is 13.1 Å². The minimum atomic E-state index is -0.0472. The molecule has 0 unspecified atom stereocenters. The summed E-state index contributed by atoms with van der Waals surface area (Å²) in [5.41, 5.74) is 1.25. The van der Waals surface area contributed by atoms with Crippen LogP contribution in [-0.4, -0.2) is 27.5 Å². The molecule has 2 rings (SSSR count). The van der Waals surface area contributed by atoms with Gasteiger partial charge in [-0.1, -0.05) is 0 Å². The first-order valence-electron chi connectivity index (χ1n) is 6.68. The number of aromatic nitrogens is 2. The van der Waals surface area contributed by atoms with Crippen LogP contribution in [0.15, 0.2) is 12.4 Å². The predicted molar refractivity (Wildman–Crippen MR) is 67.6 cm³/mol. The summed E-state index contributed by atoms with van der Waals surface area (Å²) >= 11 is 0. The van der Waals surface area contributed by atoms with E-state index in [-0.39, 0.29) is 6.10 Å². The number of aryl methyl sites for hydroxylation is 1. The van der Waals surface area contributed by atoms with Gasteiger partial charge in [0.25, 0.3) is 0 Å². The van der Waals surface area contributed by atoms with E-state index >= 15 is 0 Å². The van der Waals surface area contributed by atoms with Crippen LogP contribution in [0.5, 0.6) is 0 Å². The molecule has 17 heavy (non-hydrogen) atoms. The van der Waals surface area contributed by atoms with Crippen molar-refractivity contribution in [2.45, 2.75) is 51.8 Å². The van der Waals surface area contributed by atoms with Crippen LogP contribution in [0.4, 0.5) is 0 Å². The van der Waals surface area contributed by atoms with Gasteiger partial charge in [-0.2, -0.15) is 5.10 Å². The van der Waals surface area contributed by atoms with Crippen molar-refractivity contribution in [1.82, 2.24) is 15.1 Å². The third kappa shape index (κ3) is 3.82. The Morgan fingerprint density at radius 3 is 2.82 bits per heavy atom. The van der Waals surface area contributed by atoms with E-state index in [2.05, 4.69) is 23.5 Å². The Bertz CT molecular complexity index is 329. The minimum Gasteiger partial charge on any atom is -0.393 e. The van der Waals surface area contributed by atoms with Crippen LogP contribution < -0.4 is 5.32 Å². The smallest absolute Gasteiger partial charge is 0.0540 e. The van der Waals surface area contributed by atoms with Crippen molar-refractivity contribution in [3.63, 3.8) is 0 Å². The topological polar surface area (TPSA) is 50.1 Å². The summed E-state index contributed by atoms with van der Waals surface area (Å²) in [4.78, 5) is 0. The molecule has 1 fully saturated rings. The molecule has 0 aromatic carbocycles. The highest BCUT2D eigenvalue weighted by Gasteiger charge is 2.18. The summed E-state index contributed by atoms with van der Waals surface area (Å²) in [6.07, 6.45) is 8.23. The van der Waals surface area contributed by atoms with Gasteiger partial charge in [-0.05, 0) is 45.1 Å². The number of hydrogen-bond acceptors (Lipinski definition) is 3. The van der Waals surface area contributed by atoms with Gasteiger partial charge in [0.1, 0.15) is 0 Å². The van der Waals surface area contributed by atoms with E-state index in [1.54, 1.807) is 0 Å². The van der Waals surface area contributed by atoms with Gasteiger partial charge in [0.2, 0.25) is 0 Å². The molecule has 0 spiro atoms. The second-order valence-corrected chi connectivity index (χ2v) is 5.01. The first kappa shape index (κ1) is 12.6. The molecule has 0 bridgehead atoms. The zero-order valence-electron chi connectivity index (χ0n) is 10.6. The number of nitrogens with one attached hydrogen (secondary N) is 1. The Hall–Kier alpha value is -0.870. The van der Waals surface area contributed by atoms with Crippen molar-refractivity contribution >= 4 is 0 Å². The van der Waals surface area contributed by atoms with Crippen molar-refractivity contribution in [3.8, 4) is 0 Å². The fourth-order valence-corrected chi connectivity index (χ4v) is 2.44. The average Bonchev–Trinajstić information content (AvgIpc) is 2.80. The lowest BCUT2D eigenvalue weighted by atomic mass is 9.87. The highest BCUT2D eigenvalue weighted by molar-refractivity contribution is 5.03. The zero-order valence-corrected chi connectivity index (χ0v) is 10.6. The van der Waals surface area contributed by atoms with Crippen LogP contribution >= 0.6 is 0 Å². The normalized spacial score (nSPS) is 25.1. The number of hydrogen-bond donors (Lipinski definition) is 2. The maximum absolute atomic E-state index is 9.43. The summed E-state index contributed by atoms with van der Waals surface area (Å²) in [6.45, 7) is 4.99. The van der Waals surface area contributed by atoms with Gasteiger partial charge in [0.05, 0.1) is 12.3 Å². The fraction of sp³-hybridized carbons (Fsp3) is 0.769. The van der Waals surface area contributed by atoms with E-state index < -0.39 is 0 Å². The molecule has 4 heteroatoms. The van der Waals surface area contributed by atoms with Gasteiger partial charge < -0.3 is 10.4 Å². The molecule has 96 valence electrons. The fourth-order valence-electron chi connectivity index (χ4n) is 2.44. The zero-order chi connectivity index (χ0) is 12.1. The molecule has 2 N–H and O–H groups in total. The van der Waals surface area contributed by atoms with E-state index in [0.717, 1.165) is 51.2 Å². The van der Waals surface area contributed by atoms with Gasteiger partial charge in [0.15, 0.2) is 0 Å². The molecule has 0 saturated heterocycles. The maximum Gasteiger partial charge on any atom is 0.0540 e. The van der Waals surface area contributed by atoms with E-state index in [0.29, 0.717) is 0 Å². The van der Waals surface area contributed by atoms with E-state index in [1.807, 2.05) is 10.9 Å². The summed E-state index contributed by atoms with van der Waals surface area (Å²) < 4.78 is 1.95. The van der Waals surface area contributed by atoms with Crippen LogP contribution in [0.3, 0.4) is 0 Å². The Balaban J connectivity index is 1.65. The van der Waals surface area contributed by atoms with Gasteiger partial charge >= 0.3 is 0 Å². The molecule has 1 aliphatic carbocycles. The Kier molecular flexibility index (Phi) is 4.57. The number of aliphatic hydroxyl groups excluding tert-OH is 1. The molecular weight excluding hydrogens is 214 g/mol. The molecule has 1 saturated carbocycles. The number of nitrogens with zero attached hydrogens (tertiary/aromatic N) is 2. The van der Waals surface area contributed by atoms with Gasteiger partial charge in [0, 0.05) is 24.8 Å². The van der Waals surface area contributed by atoms with E-state index in [1.165, 1.54) is 5.56 Å². The molecule has 0 amide bonds. The molecule has 1 aromatic rings. The number of aliphatic hydroxyl groups is 1. The number of rotatable bonds is 5. The second-order valence-electron chi connectivity index (χ2n) is 5.01. The SMILES string of the molecule is CCn1cc(CNCC2CCC(O)CC2)cn1. The van der Waals surface area contributed by atoms with Crippen molar-refractivity contribution in [1.29, 1.82) is 0 Å². The maximum atomic E-state index is 9.43. The lowest BCUT2D eigenvalue weighted by Crippen LogP contribution is -2.27. The Morgan fingerprint density at radius 1 is 1.41 bits per heavy atom. The van der Waals surface area contributed by atoms with Gasteiger partial charge in [-0.25, -0.2) is 0 Å². The molecule has 1 aliphatic rings. The van der Waals surface area contributed by atoms with Gasteiger partial charge in [-0.3, -0.25) is 4.68 Å². The van der Waals surface area contributed by atoms with Crippen molar-refractivity contribution in [2.24, 2.45) is 5.92 Å². The van der Waals surface area contributed by atoms with E-state index in [4.69, 9.17) is 0 Å². The van der Waals surface area contributed by atoms with Crippen LogP contribution in [0.25, 0.3) is 0 Å². The molecule has 0 aliphatic heterocycles. The molecule has 0 radical (unpaired) electrons. The van der Waals surface area contributed by atoms with Gasteiger partial charge in [-0.15, -0.1) is 0 Å². The third-order valence-electron chi connectivity index (χ3n) is 3.59. The third-order valence-corrected chi connectivity index (χ3v) is 3.59. The molecule has 4 nitrogen and oxygen atoms in total. The quantitative estimate of drug-likeness (QED) is 0.817. The monoisotopic (exact) mass is 237 g/mol. The van der Waals surface area contributed by atoms with Crippen molar-refractivity contribution in [3.05, 3.63) is 18.0 Å². The average molecular weight is 237 g/mol. The van der Waals surface area contributed by atoms with Crippen LogP contribution in [0.2, 0.25) is 0 Å². The summed E-state index contributed by atoms with van der Waals surface area (Å²) in [5.74, 6) is 0.736. The molecule has 0 atom stereocenters. The van der Waals surface area contributed by atoms with E-state index in [9.17, 15) is 5.11 Å². The minimum absolute atomic E-state index is 0.0472. The lowest BCUT2D eigenvalue weighted by Gasteiger charge is -2.25. The Labute approximate surface area is 103 Å². The molecule has 1 aromatic heterocycles. The standard InChI is InChI=1S/C13H23N3O/c1-2-16-10-12(9-15-16)8-14-7-11-3-5-13(17)6-4-11/h9-11,13-14,17H,2-8H2,1H3. The first-order chi connectivity index (χ1) is 8.28.